The van der Waals surface area contributed by atoms with Crippen molar-refractivity contribution in [3.8, 4) is 5.75 Å². The second-order valence-corrected chi connectivity index (χ2v) is 5.79. The zero-order valence-electron chi connectivity index (χ0n) is 14.0. The summed E-state index contributed by atoms with van der Waals surface area (Å²) in [6.07, 6.45) is 0.137. The largest absolute Gasteiger partial charge is 0.508 e. The van der Waals surface area contributed by atoms with Gasteiger partial charge < -0.3 is 20.6 Å². The number of carboxylic acid groups (broad SMARTS) is 2. The summed E-state index contributed by atoms with van der Waals surface area (Å²) in [6, 6.07) is 13.4. The SMILES string of the molecule is CCC(c1ccc(O)cc1)C(NC(=O)c1ccccc1)(C(=O)O)C(=O)O. The molecule has 0 bridgehead atoms. The maximum atomic E-state index is 12.5. The number of benzene rings is 2. The number of aliphatic carboxylic acids is 2. The molecule has 0 aliphatic carbocycles. The maximum absolute atomic E-state index is 12.5. The van der Waals surface area contributed by atoms with E-state index in [1.165, 1.54) is 36.4 Å². The molecular formula is C19H19NO6. The number of carboxylic acids is 2. The molecule has 0 aromatic heterocycles. The van der Waals surface area contributed by atoms with Gasteiger partial charge in [0.2, 0.25) is 5.54 Å². The summed E-state index contributed by atoms with van der Waals surface area (Å²) < 4.78 is 0. The highest BCUT2D eigenvalue weighted by Crippen LogP contribution is 2.33. The van der Waals surface area contributed by atoms with Crippen molar-refractivity contribution in [1.82, 2.24) is 5.32 Å². The molecule has 4 N–H and O–H groups in total. The molecule has 2 aromatic carbocycles. The van der Waals surface area contributed by atoms with Crippen LogP contribution in [0.1, 0.15) is 35.2 Å². The van der Waals surface area contributed by atoms with Gasteiger partial charge in [0.05, 0.1) is 0 Å². The number of phenolic OH excluding ortho intramolecular Hbond substituents is 1. The van der Waals surface area contributed by atoms with Gasteiger partial charge in [-0.2, -0.15) is 0 Å². The van der Waals surface area contributed by atoms with Gasteiger partial charge in [0.25, 0.3) is 5.91 Å². The maximum Gasteiger partial charge on any atom is 0.341 e. The molecule has 1 amide bonds. The highest BCUT2D eigenvalue weighted by atomic mass is 16.4. The molecule has 0 spiro atoms. The van der Waals surface area contributed by atoms with Gasteiger partial charge >= 0.3 is 11.9 Å². The Labute approximate surface area is 149 Å². The normalized spacial score (nSPS) is 12.2. The van der Waals surface area contributed by atoms with Crippen LogP contribution in [0.3, 0.4) is 0 Å². The van der Waals surface area contributed by atoms with Crippen LogP contribution in [0.5, 0.6) is 5.75 Å². The first-order valence-corrected chi connectivity index (χ1v) is 7.96. The molecule has 0 saturated heterocycles. The molecule has 7 heteroatoms. The Balaban J connectivity index is 2.53. The van der Waals surface area contributed by atoms with Gasteiger partial charge in [-0.25, -0.2) is 9.59 Å². The van der Waals surface area contributed by atoms with E-state index in [9.17, 15) is 29.7 Å². The lowest BCUT2D eigenvalue weighted by atomic mass is 9.77. The van der Waals surface area contributed by atoms with E-state index in [-0.39, 0.29) is 17.7 Å². The summed E-state index contributed by atoms with van der Waals surface area (Å²) in [7, 11) is 0. The first kappa shape index (κ1) is 19.0. The molecule has 0 heterocycles. The molecule has 7 nitrogen and oxygen atoms in total. The Bertz CT molecular complexity index is 787. The van der Waals surface area contributed by atoms with E-state index in [1.807, 2.05) is 0 Å². The Morgan fingerprint density at radius 2 is 1.50 bits per heavy atom. The predicted octanol–water partition coefficient (Wildman–Crippen LogP) is 2.22. The standard InChI is InChI=1S/C19H19NO6/c1-2-15(12-8-10-14(21)11-9-12)19(17(23)24,18(25)26)20-16(22)13-6-4-3-5-7-13/h3-11,15,21H,2H2,1H3,(H,20,22)(H,23,24)(H,25,26). The van der Waals surface area contributed by atoms with Gasteiger partial charge in [0.15, 0.2) is 0 Å². The van der Waals surface area contributed by atoms with E-state index in [4.69, 9.17) is 0 Å². The van der Waals surface area contributed by atoms with Crippen LogP contribution in [-0.2, 0) is 9.59 Å². The van der Waals surface area contributed by atoms with Crippen molar-refractivity contribution >= 4 is 17.8 Å². The van der Waals surface area contributed by atoms with E-state index in [0.29, 0.717) is 5.56 Å². The fraction of sp³-hybridized carbons (Fsp3) is 0.211. The van der Waals surface area contributed by atoms with Gasteiger partial charge in [-0.3, -0.25) is 4.79 Å². The van der Waals surface area contributed by atoms with Crippen LogP contribution in [-0.4, -0.2) is 38.7 Å². The summed E-state index contributed by atoms with van der Waals surface area (Å²) in [5.41, 5.74) is -2.03. The van der Waals surface area contributed by atoms with Gasteiger partial charge in [-0.05, 0) is 36.2 Å². The van der Waals surface area contributed by atoms with E-state index >= 15 is 0 Å². The van der Waals surface area contributed by atoms with Crippen molar-refractivity contribution < 1.29 is 29.7 Å². The summed E-state index contributed by atoms with van der Waals surface area (Å²) in [4.78, 5) is 36.5. The average Bonchev–Trinajstić information content (AvgIpc) is 2.63. The topological polar surface area (TPSA) is 124 Å². The highest BCUT2D eigenvalue weighted by molar-refractivity contribution is 6.10. The lowest BCUT2D eigenvalue weighted by Crippen LogP contribution is -2.63. The third-order valence-corrected chi connectivity index (χ3v) is 4.25. The fourth-order valence-electron chi connectivity index (χ4n) is 2.92. The van der Waals surface area contributed by atoms with Crippen LogP contribution in [0.2, 0.25) is 0 Å². The first-order chi connectivity index (χ1) is 12.3. The van der Waals surface area contributed by atoms with Gasteiger partial charge in [0.1, 0.15) is 5.75 Å². The highest BCUT2D eigenvalue weighted by Gasteiger charge is 2.54. The number of phenols is 1. The molecule has 0 fully saturated rings. The van der Waals surface area contributed by atoms with Crippen molar-refractivity contribution in [3.05, 3.63) is 65.7 Å². The lowest BCUT2D eigenvalue weighted by Gasteiger charge is -2.34. The van der Waals surface area contributed by atoms with Gasteiger partial charge in [-0.15, -0.1) is 0 Å². The minimum atomic E-state index is -2.56. The molecule has 0 aliphatic heterocycles. The third-order valence-electron chi connectivity index (χ3n) is 4.25. The molecule has 1 unspecified atom stereocenters. The fourth-order valence-corrected chi connectivity index (χ4v) is 2.92. The summed E-state index contributed by atoms with van der Waals surface area (Å²) in [6.45, 7) is 1.63. The Kier molecular flexibility index (Phi) is 5.61. The predicted molar refractivity (Wildman–Crippen MR) is 93.0 cm³/mol. The number of hydrogen-bond acceptors (Lipinski definition) is 4. The van der Waals surface area contributed by atoms with E-state index < -0.39 is 29.3 Å². The molecule has 0 saturated carbocycles. The Morgan fingerprint density at radius 3 is 1.96 bits per heavy atom. The van der Waals surface area contributed by atoms with Crippen molar-refractivity contribution in [1.29, 1.82) is 0 Å². The molecule has 0 aliphatic rings. The third kappa shape index (κ3) is 3.51. The molecule has 0 radical (unpaired) electrons. The summed E-state index contributed by atoms with van der Waals surface area (Å²) >= 11 is 0. The first-order valence-electron chi connectivity index (χ1n) is 7.96. The summed E-state index contributed by atoms with van der Waals surface area (Å²) in [5.74, 6) is -5.23. The smallest absolute Gasteiger partial charge is 0.341 e. The van der Waals surface area contributed by atoms with Crippen LogP contribution in [0.15, 0.2) is 54.6 Å². The summed E-state index contributed by atoms with van der Waals surface area (Å²) in [5, 5.41) is 31.2. The number of carbonyl (C=O) groups excluding carboxylic acids is 1. The number of amides is 1. The van der Waals surface area contributed by atoms with Crippen molar-refractivity contribution in [3.63, 3.8) is 0 Å². The molecule has 136 valence electrons. The van der Waals surface area contributed by atoms with Crippen LogP contribution in [0.4, 0.5) is 0 Å². The van der Waals surface area contributed by atoms with Crippen LogP contribution in [0.25, 0.3) is 0 Å². The Morgan fingerprint density at radius 1 is 0.962 bits per heavy atom. The quantitative estimate of drug-likeness (QED) is 0.563. The minimum absolute atomic E-state index is 0.0341. The van der Waals surface area contributed by atoms with Gasteiger partial charge in [-0.1, -0.05) is 37.3 Å². The molecular weight excluding hydrogens is 338 g/mol. The van der Waals surface area contributed by atoms with Crippen LogP contribution < -0.4 is 5.32 Å². The van der Waals surface area contributed by atoms with E-state index in [1.54, 1.807) is 25.1 Å². The zero-order chi connectivity index (χ0) is 19.3. The number of hydrogen-bond donors (Lipinski definition) is 4. The van der Waals surface area contributed by atoms with Crippen LogP contribution >= 0.6 is 0 Å². The number of aromatic hydroxyl groups is 1. The van der Waals surface area contributed by atoms with Crippen molar-refractivity contribution in [2.45, 2.75) is 24.8 Å². The average molecular weight is 357 g/mol. The number of rotatable bonds is 7. The minimum Gasteiger partial charge on any atom is -0.508 e. The monoisotopic (exact) mass is 357 g/mol. The Hall–Kier alpha value is -3.35. The van der Waals surface area contributed by atoms with Gasteiger partial charge in [0, 0.05) is 11.5 Å². The van der Waals surface area contributed by atoms with Crippen LogP contribution in [0, 0.1) is 0 Å². The number of nitrogens with one attached hydrogen (secondary N) is 1. The molecule has 2 rings (SSSR count). The zero-order valence-corrected chi connectivity index (χ0v) is 14.0. The lowest BCUT2D eigenvalue weighted by molar-refractivity contribution is -0.160. The van der Waals surface area contributed by atoms with Crippen molar-refractivity contribution in [2.24, 2.45) is 0 Å². The molecule has 26 heavy (non-hydrogen) atoms. The van der Waals surface area contributed by atoms with E-state index in [0.717, 1.165) is 0 Å². The molecule has 2 aromatic rings. The molecule has 1 atom stereocenters. The van der Waals surface area contributed by atoms with Crippen molar-refractivity contribution in [2.75, 3.05) is 0 Å². The van der Waals surface area contributed by atoms with E-state index in [2.05, 4.69) is 5.32 Å². The second-order valence-electron chi connectivity index (χ2n) is 5.79. The second kappa shape index (κ2) is 7.69. The number of carbonyl (C=O) groups is 3.